The van der Waals surface area contributed by atoms with Crippen LogP contribution >= 0.6 is 34.4 Å². The zero-order valence-corrected chi connectivity index (χ0v) is 11.2. The number of pyridine rings is 1. The molecule has 0 spiro atoms. The van der Waals surface area contributed by atoms with E-state index in [1.54, 1.807) is 18.0 Å². The monoisotopic (exact) mass is 331 g/mol. The molecule has 0 aliphatic heterocycles. The van der Waals surface area contributed by atoms with Crippen molar-refractivity contribution >= 4 is 34.4 Å². The van der Waals surface area contributed by atoms with Gasteiger partial charge in [-0.15, -0.1) is 0 Å². The lowest BCUT2D eigenvalue weighted by Crippen LogP contribution is -1.83. The summed E-state index contributed by atoms with van der Waals surface area (Å²) in [6.07, 6.45) is 3.60. The van der Waals surface area contributed by atoms with Crippen LogP contribution in [-0.4, -0.2) is 4.98 Å². The van der Waals surface area contributed by atoms with Crippen LogP contribution in [0.15, 0.2) is 40.1 Å². The number of hydrogen-bond donors (Lipinski definition) is 0. The molecular weight excluding hydrogens is 321 g/mol. The first-order chi connectivity index (χ1) is 7.25. The first-order valence-electron chi connectivity index (χ1n) is 4.53. The Balaban J connectivity index is 1.99. The van der Waals surface area contributed by atoms with Gasteiger partial charge in [0, 0.05) is 9.77 Å². The van der Waals surface area contributed by atoms with E-state index in [2.05, 4.69) is 40.6 Å². The highest BCUT2D eigenvalue weighted by molar-refractivity contribution is 14.1. The van der Waals surface area contributed by atoms with Crippen molar-refractivity contribution in [2.45, 2.75) is 17.7 Å². The second kappa shape index (κ2) is 5.03. The highest BCUT2D eigenvalue weighted by Gasteiger charge is 2.03. The number of aryl methyl sites for hydroxylation is 1. The van der Waals surface area contributed by atoms with Gasteiger partial charge in [0.2, 0.25) is 0 Å². The normalized spacial score (nSPS) is 10.5. The van der Waals surface area contributed by atoms with E-state index in [0.717, 1.165) is 20.1 Å². The Hall–Kier alpha value is -0.490. The number of rotatable bonds is 3. The van der Waals surface area contributed by atoms with Crippen molar-refractivity contribution in [3.8, 4) is 0 Å². The summed E-state index contributed by atoms with van der Waals surface area (Å²) in [5.74, 6) is 1.87. The molecule has 0 radical (unpaired) electrons. The van der Waals surface area contributed by atoms with Gasteiger partial charge in [-0.3, -0.25) is 0 Å². The summed E-state index contributed by atoms with van der Waals surface area (Å²) in [4.78, 5) is 4.32. The fourth-order valence-corrected chi connectivity index (χ4v) is 2.32. The van der Waals surface area contributed by atoms with Gasteiger partial charge in [-0.1, -0.05) is 11.8 Å². The minimum atomic E-state index is 0.840. The minimum Gasteiger partial charge on any atom is -0.468 e. The predicted octanol–water partition coefficient (Wildman–Crippen LogP) is 3.88. The molecule has 2 heterocycles. The molecule has 0 aliphatic rings. The van der Waals surface area contributed by atoms with Gasteiger partial charge in [0.25, 0.3) is 0 Å². The van der Waals surface area contributed by atoms with Crippen LogP contribution in [0.2, 0.25) is 0 Å². The standard InChI is InChI=1S/C11H10INOS/c1-8-4-5-14-10(8)7-15-11-3-2-9(12)6-13-11/h2-6H,7H2,1H3. The van der Waals surface area contributed by atoms with E-state index in [9.17, 15) is 0 Å². The van der Waals surface area contributed by atoms with Crippen molar-refractivity contribution in [3.63, 3.8) is 0 Å². The van der Waals surface area contributed by atoms with Crippen molar-refractivity contribution in [3.05, 3.63) is 45.6 Å². The molecule has 0 unspecified atom stereocenters. The van der Waals surface area contributed by atoms with E-state index in [0.29, 0.717) is 0 Å². The van der Waals surface area contributed by atoms with Gasteiger partial charge in [0.15, 0.2) is 0 Å². The van der Waals surface area contributed by atoms with Gasteiger partial charge in [-0.05, 0) is 53.3 Å². The third-order valence-electron chi connectivity index (χ3n) is 2.02. The van der Waals surface area contributed by atoms with E-state index < -0.39 is 0 Å². The lowest BCUT2D eigenvalue weighted by molar-refractivity contribution is 0.528. The minimum absolute atomic E-state index is 0.840. The molecule has 0 aromatic carbocycles. The van der Waals surface area contributed by atoms with Crippen molar-refractivity contribution in [2.24, 2.45) is 0 Å². The molecule has 0 saturated carbocycles. The van der Waals surface area contributed by atoms with Crippen LogP contribution in [0, 0.1) is 10.5 Å². The SMILES string of the molecule is Cc1ccoc1CSc1ccc(I)cn1. The van der Waals surface area contributed by atoms with Gasteiger partial charge in [-0.25, -0.2) is 4.98 Å². The quantitative estimate of drug-likeness (QED) is 0.631. The Labute approximate surface area is 107 Å². The van der Waals surface area contributed by atoms with E-state index in [-0.39, 0.29) is 0 Å². The van der Waals surface area contributed by atoms with Crippen molar-refractivity contribution in [1.82, 2.24) is 4.98 Å². The average Bonchev–Trinajstić information content (AvgIpc) is 2.63. The Morgan fingerprint density at radius 1 is 1.40 bits per heavy atom. The van der Waals surface area contributed by atoms with Crippen LogP contribution in [0.1, 0.15) is 11.3 Å². The molecule has 2 rings (SSSR count). The summed E-state index contributed by atoms with van der Waals surface area (Å²) in [6.45, 7) is 2.06. The molecule has 0 bridgehead atoms. The summed E-state index contributed by atoms with van der Waals surface area (Å²) in [7, 11) is 0. The number of halogens is 1. The zero-order chi connectivity index (χ0) is 10.7. The number of nitrogens with zero attached hydrogens (tertiary/aromatic N) is 1. The second-order valence-corrected chi connectivity index (χ2v) is 5.37. The zero-order valence-electron chi connectivity index (χ0n) is 8.24. The van der Waals surface area contributed by atoms with Crippen molar-refractivity contribution in [1.29, 1.82) is 0 Å². The first kappa shape index (κ1) is 11.0. The van der Waals surface area contributed by atoms with Gasteiger partial charge in [0.1, 0.15) is 5.76 Å². The second-order valence-electron chi connectivity index (χ2n) is 3.13. The van der Waals surface area contributed by atoms with Crippen LogP contribution in [0.3, 0.4) is 0 Å². The third-order valence-corrected chi connectivity index (χ3v) is 3.60. The maximum atomic E-state index is 5.36. The largest absolute Gasteiger partial charge is 0.468 e. The summed E-state index contributed by atoms with van der Waals surface area (Å²) < 4.78 is 6.52. The molecule has 0 amide bonds. The number of furan rings is 1. The van der Waals surface area contributed by atoms with Crippen LogP contribution in [0.4, 0.5) is 0 Å². The lowest BCUT2D eigenvalue weighted by Gasteiger charge is -1.99. The Bertz CT molecular complexity index is 438. The lowest BCUT2D eigenvalue weighted by atomic mass is 10.3. The Morgan fingerprint density at radius 2 is 2.27 bits per heavy atom. The number of hydrogen-bond acceptors (Lipinski definition) is 3. The summed E-state index contributed by atoms with van der Waals surface area (Å²) >= 11 is 3.94. The molecule has 0 saturated heterocycles. The van der Waals surface area contributed by atoms with Gasteiger partial charge >= 0.3 is 0 Å². The van der Waals surface area contributed by atoms with Gasteiger partial charge < -0.3 is 4.42 Å². The maximum absolute atomic E-state index is 5.36. The summed E-state index contributed by atoms with van der Waals surface area (Å²) in [5.41, 5.74) is 1.20. The van der Waals surface area contributed by atoms with Crippen LogP contribution in [0.25, 0.3) is 0 Å². The van der Waals surface area contributed by atoms with Gasteiger partial charge in [-0.2, -0.15) is 0 Å². The fourth-order valence-electron chi connectivity index (χ4n) is 1.14. The van der Waals surface area contributed by atoms with E-state index >= 15 is 0 Å². The molecule has 0 fully saturated rings. The van der Waals surface area contributed by atoms with Crippen LogP contribution in [-0.2, 0) is 5.75 Å². The number of thioether (sulfide) groups is 1. The van der Waals surface area contributed by atoms with Crippen LogP contribution < -0.4 is 0 Å². The third kappa shape index (κ3) is 2.98. The average molecular weight is 331 g/mol. The maximum Gasteiger partial charge on any atom is 0.116 e. The molecule has 4 heteroatoms. The van der Waals surface area contributed by atoms with Crippen LogP contribution in [0.5, 0.6) is 0 Å². The van der Waals surface area contributed by atoms with Gasteiger partial charge in [0.05, 0.1) is 17.0 Å². The van der Waals surface area contributed by atoms with Crippen molar-refractivity contribution in [2.75, 3.05) is 0 Å². The molecule has 0 N–H and O–H groups in total. The smallest absolute Gasteiger partial charge is 0.116 e. The molecule has 2 aromatic heterocycles. The number of aromatic nitrogens is 1. The molecular formula is C11H10INOS. The molecule has 0 aliphatic carbocycles. The summed E-state index contributed by atoms with van der Waals surface area (Å²) in [6, 6.07) is 6.08. The summed E-state index contributed by atoms with van der Waals surface area (Å²) in [5, 5.41) is 1.03. The Kier molecular flexibility index (Phi) is 3.69. The predicted molar refractivity (Wildman–Crippen MR) is 70.0 cm³/mol. The highest BCUT2D eigenvalue weighted by Crippen LogP contribution is 2.23. The first-order valence-corrected chi connectivity index (χ1v) is 6.59. The molecule has 2 aromatic rings. The fraction of sp³-hybridized carbons (Fsp3) is 0.182. The van der Waals surface area contributed by atoms with Crippen molar-refractivity contribution < 1.29 is 4.42 Å². The van der Waals surface area contributed by atoms with E-state index in [1.807, 2.05) is 18.3 Å². The Morgan fingerprint density at radius 3 is 2.87 bits per heavy atom. The van der Waals surface area contributed by atoms with E-state index in [4.69, 9.17) is 4.42 Å². The molecule has 15 heavy (non-hydrogen) atoms. The molecule has 78 valence electrons. The topological polar surface area (TPSA) is 26.0 Å². The highest BCUT2D eigenvalue weighted by atomic mass is 127. The molecule has 0 atom stereocenters. The molecule has 2 nitrogen and oxygen atoms in total. The van der Waals surface area contributed by atoms with E-state index in [1.165, 1.54) is 5.56 Å².